The summed E-state index contributed by atoms with van der Waals surface area (Å²) in [5.74, 6) is -4.43. The molecule has 3 amide bonds. The van der Waals surface area contributed by atoms with E-state index in [1.807, 2.05) is 13.8 Å². The molecule has 1 aliphatic heterocycles. The minimum absolute atomic E-state index is 0.0223. The van der Waals surface area contributed by atoms with Gasteiger partial charge >= 0.3 is 11.9 Å². The van der Waals surface area contributed by atoms with E-state index in [0.717, 1.165) is 0 Å². The molecule has 0 aromatic rings. The van der Waals surface area contributed by atoms with Crippen LogP contribution in [0.15, 0.2) is 0 Å². The average Bonchev–Trinajstić information content (AvgIpc) is 3.18. The maximum Gasteiger partial charge on any atom is 0.326 e. The van der Waals surface area contributed by atoms with Crippen LogP contribution in [0.25, 0.3) is 0 Å². The smallest absolute Gasteiger partial charge is 0.326 e. The summed E-state index contributed by atoms with van der Waals surface area (Å²) in [6.07, 6.45) is 0.375. The standard InChI is InChI=1S/C19H32N4O8/c1-10(2)8-13(19(30)31)22-17(28)14-4-3-7-23(14)18(29)12(5-6-15(25)26)21-16(27)11(20)9-24/h10-14,24H,3-9,20H2,1-2H3,(H,21,27)(H,22,28)(H,25,26)(H,30,31). The van der Waals surface area contributed by atoms with Crippen molar-refractivity contribution in [2.75, 3.05) is 13.2 Å². The summed E-state index contributed by atoms with van der Waals surface area (Å²) in [6.45, 7) is 3.18. The highest BCUT2D eigenvalue weighted by molar-refractivity contribution is 5.94. The van der Waals surface area contributed by atoms with E-state index in [-0.39, 0.29) is 25.3 Å². The third-order valence-electron chi connectivity index (χ3n) is 4.96. The first-order valence-electron chi connectivity index (χ1n) is 10.2. The fourth-order valence-electron chi connectivity index (χ4n) is 3.35. The number of aliphatic carboxylic acids is 2. The molecule has 1 fully saturated rings. The Morgan fingerprint density at radius 3 is 2.26 bits per heavy atom. The van der Waals surface area contributed by atoms with Crippen molar-refractivity contribution < 1.29 is 39.3 Å². The molecular formula is C19H32N4O8. The number of carbonyl (C=O) groups excluding carboxylic acids is 3. The number of likely N-dealkylation sites (tertiary alicyclic amines) is 1. The first-order chi connectivity index (χ1) is 14.5. The third kappa shape index (κ3) is 8.13. The van der Waals surface area contributed by atoms with Crippen molar-refractivity contribution in [2.24, 2.45) is 11.7 Å². The molecule has 0 aromatic carbocycles. The van der Waals surface area contributed by atoms with Gasteiger partial charge in [0.15, 0.2) is 0 Å². The molecule has 1 aliphatic rings. The average molecular weight is 444 g/mol. The van der Waals surface area contributed by atoms with E-state index in [1.54, 1.807) is 0 Å². The Morgan fingerprint density at radius 2 is 1.74 bits per heavy atom. The van der Waals surface area contributed by atoms with Crippen LogP contribution >= 0.6 is 0 Å². The second-order valence-electron chi connectivity index (χ2n) is 8.00. The zero-order valence-electron chi connectivity index (χ0n) is 17.7. The van der Waals surface area contributed by atoms with Crippen molar-refractivity contribution in [1.82, 2.24) is 15.5 Å². The second-order valence-corrected chi connectivity index (χ2v) is 8.00. The van der Waals surface area contributed by atoms with Gasteiger partial charge in [0.2, 0.25) is 17.7 Å². The van der Waals surface area contributed by atoms with Gasteiger partial charge in [0.05, 0.1) is 6.61 Å². The van der Waals surface area contributed by atoms with E-state index in [2.05, 4.69) is 10.6 Å². The molecule has 0 spiro atoms. The normalized spacial score (nSPS) is 18.9. The molecule has 0 saturated carbocycles. The summed E-state index contributed by atoms with van der Waals surface area (Å²) in [4.78, 5) is 61.4. The number of rotatable bonds is 12. The van der Waals surface area contributed by atoms with Gasteiger partial charge in [0, 0.05) is 13.0 Å². The number of carboxylic acids is 2. The molecule has 31 heavy (non-hydrogen) atoms. The van der Waals surface area contributed by atoms with Crippen LogP contribution < -0.4 is 16.4 Å². The van der Waals surface area contributed by atoms with E-state index < -0.39 is 66.9 Å². The van der Waals surface area contributed by atoms with Crippen molar-refractivity contribution in [3.63, 3.8) is 0 Å². The molecule has 0 radical (unpaired) electrons. The lowest BCUT2D eigenvalue weighted by Gasteiger charge is -2.30. The summed E-state index contributed by atoms with van der Waals surface area (Å²) in [6, 6.07) is -4.57. The van der Waals surface area contributed by atoms with Crippen LogP contribution in [0.1, 0.15) is 46.0 Å². The topological polar surface area (TPSA) is 199 Å². The summed E-state index contributed by atoms with van der Waals surface area (Å²) in [5.41, 5.74) is 5.45. The van der Waals surface area contributed by atoms with Crippen molar-refractivity contribution >= 4 is 29.7 Å². The summed E-state index contributed by atoms with van der Waals surface area (Å²) >= 11 is 0. The van der Waals surface area contributed by atoms with Gasteiger partial charge in [-0.15, -0.1) is 0 Å². The molecule has 7 N–H and O–H groups in total. The molecule has 12 heteroatoms. The SMILES string of the molecule is CC(C)CC(NC(=O)C1CCCN1C(=O)C(CCC(=O)O)NC(=O)C(N)CO)C(=O)O. The van der Waals surface area contributed by atoms with Gasteiger partial charge in [0.1, 0.15) is 24.2 Å². The zero-order chi connectivity index (χ0) is 23.7. The van der Waals surface area contributed by atoms with Crippen molar-refractivity contribution in [3.8, 4) is 0 Å². The van der Waals surface area contributed by atoms with Gasteiger partial charge in [0.25, 0.3) is 0 Å². The van der Waals surface area contributed by atoms with E-state index in [4.69, 9.17) is 15.9 Å². The maximum atomic E-state index is 13.0. The molecule has 176 valence electrons. The molecule has 1 rings (SSSR count). The lowest BCUT2D eigenvalue weighted by molar-refractivity contribution is -0.145. The lowest BCUT2D eigenvalue weighted by Crippen LogP contribution is -2.57. The predicted octanol–water partition coefficient (Wildman–Crippen LogP) is -1.74. The molecule has 4 unspecified atom stereocenters. The molecule has 4 atom stereocenters. The van der Waals surface area contributed by atoms with Gasteiger partial charge in [-0.2, -0.15) is 0 Å². The van der Waals surface area contributed by atoms with Gasteiger partial charge in [-0.1, -0.05) is 13.8 Å². The number of aliphatic hydroxyl groups is 1. The summed E-state index contributed by atoms with van der Waals surface area (Å²) < 4.78 is 0. The molecule has 1 saturated heterocycles. The van der Waals surface area contributed by atoms with Crippen LogP contribution in [0.5, 0.6) is 0 Å². The molecule has 0 aliphatic carbocycles. The minimum atomic E-state index is -1.29. The quantitative estimate of drug-likeness (QED) is 0.202. The van der Waals surface area contributed by atoms with Crippen LogP contribution in [-0.2, 0) is 24.0 Å². The molecule has 0 bridgehead atoms. The monoisotopic (exact) mass is 444 g/mol. The highest BCUT2D eigenvalue weighted by atomic mass is 16.4. The zero-order valence-corrected chi connectivity index (χ0v) is 17.7. The van der Waals surface area contributed by atoms with Gasteiger partial charge in [-0.25, -0.2) is 4.79 Å². The summed E-state index contributed by atoms with van der Waals surface area (Å²) in [7, 11) is 0. The Bertz CT molecular complexity index is 684. The Kier molecular flexibility index (Phi) is 10.4. The fraction of sp³-hybridized carbons (Fsp3) is 0.737. The van der Waals surface area contributed by atoms with Crippen LogP contribution in [0.2, 0.25) is 0 Å². The van der Waals surface area contributed by atoms with E-state index in [0.29, 0.717) is 12.8 Å². The van der Waals surface area contributed by atoms with Crippen molar-refractivity contribution in [3.05, 3.63) is 0 Å². The number of aliphatic hydroxyl groups excluding tert-OH is 1. The first kappa shape index (κ1) is 26.3. The molecular weight excluding hydrogens is 412 g/mol. The Hall–Kier alpha value is -2.73. The highest BCUT2D eigenvalue weighted by Gasteiger charge is 2.39. The van der Waals surface area contributed by atoms with Gasteiger partial charge in [-0.3, -0.25) is 19.2 Å². The number of nitrogens with one attached hydrogen (secondary N) is 2. The first-order valence-corrected chi connectivity index (χ1v) is 10.2. The lowest BCUT2D eigenvalue weighted by atomic mass is 10.0. The highest BCUT2D eigenvalue weighted by Crippen LogP contribution is 2.20. The van der Waals surface area contributed by atoms with Gasteiger partial charge in [-0.05, 0) is 31.6 Å². The molecule has 12 nitrogen and oxygen atoms in total. The van der Waals surface area contributed by atoms with Crippen LogP contribution in [0.4, 0.5) is 0 Å². The Morgan fingerprint density at radius 1 is 1.10 bits per heavy atom. The maximum absolute atomic E-state index is 13.0. The van der Waals surface area contributed by atoms with E-state index in [1.165, 1.54) is 4.90 Å². The second kappa shape index (κ2) is 12.2. The number of nitrogens with two attached hydrogens (primary N) is 1. The van der Waals surface area contributed by atoms with Gasteiger partial charge < -0.3 is 36.6 Å². The van der Waals surface area contributed by atoms with Crippen molar-refractivity contribution in [1.29, 1.82) is 0 Å². The van der Waals surface area contributed by atoms with Crippen LogP contribution in [0.3, 0.4) is 0 Å². The Balaban J connectivity index is 2.96. The van der Waals surface area contributed by atoms with Crippen LogP contribution in [0, 0.1) is 5.92 Å². The van der Waals surface area contributed by atoms with E-state index in [9.17, 15) is 29.1 Å². The number of hydrogen-bond donors (Lipinski definition) is 6. The number of amides is 3. The fourth-order valence-corrected chi connectivity index (χ4v) is 3.35. The van der Waals surface area contributed by atoms with Crippen LogP contribution in [-0.4, -0.2) is 87.2 Å². The predicted molar refractivity (Wildman–Crippen MR) is 108 cm³/mol. The number of hydrogen-bond acceptors (Lipinski definition) is 7. The Labute approximate surface area is 180 Å². The summed E-state index contributed by atoms with van der Waals surface area (Å²) in [5, 5.41) is 32.1. The van der Waals surface area contributed by atoms with Crippen molar-refractivity contribution in [2.45, 2.75) is 70.1 Å². The number of carboxylic acid groups (broad SMARTS) is 2. The van der Waals surface area contributed by atoms with E-state index >= 15 is 0 Å². The largest absolute Gasteiger partial charge is 0.481 e. The minimum Gasteiger partial charge on any atom is -0.481 e. The number of carbonyl (C=O) groups is 5. The third-order valence-corrected chi connectivity index (χ3v) is 4.96. The molecule has 1 heterocycles. The number of nitrogens with zero attached hydrogens (tertiary/aromatic N) is 1. The molecule has 0 aromatic heterocycles.